The van der Waals surface area contributed by atoms with Crippen LogP contribution in [0.15, 0.2) is 12.3 Å². The van der Waals surface area contributed by atoms with Crippen molar-refractivity contribution < 1.29 is 4.79 Å². The zero-order valence-corrected chi connectivity index (χ0v) is 13.2. The quantitative estimate of drug-likeness (QED) is 0.819. The molecule has 6 heteroatoms. The van der Waals surface area contributed by atoms with E-state index < -0.39 is 0 Å². The van der Waals surface area contributed by atoms with Crippen LogP contribution in [0.3, 0.4) is 0 Å². The SMILES string of the molecule is CCCCN(C(=O)c1nc2nccc(C)n2n1)C(C)CC. The number of aryl methyl sites for hydroxylation is 1. The second-order valence-corrected chi connectivity index (χ2v) is 5.34. The maximum absolute atomic E-state index is 12.7. The van der Waals surface area contributed by atoms with Crippen LogP contribution in [0.4, 0.5) is 0 Å². The van der Waals surface area contributed by atoms with Crippen LogP contribution in [0.5, 0.6) is 0 Å². The van der Waals surface area contributed by atoms with E-state index in [1.54, 1.807) is 10.7 Å². The molecular weight excluding hydrogens is 266 g/mol. The standard InChI is InChI=1S/C15H23N5O/c1-5-7-10-19(11(3)6-2)14(21)13-17-15-16-9-8-12(4)20(15)18-13/h8-9,11H,5-7,10H2,1-4H3. The Hall–Kier alpha value is -1.98. The molecule has 0 N–H and O–H groups in total. The first-order valence-electron chi connectivity index (χ1n) is 7.57. The van der Waals surface area contributed by atoms with Crippen LogP contribution in [0.2, 0.25) is 0 Å². The van der Waals surface area contributed by atoms with Crippen LogP contribution in [-0.2, 0) is 0 Å². The van der Waals surface area contributed by atoms with Gasteiger partial charge >= 0.3 is 0 Å². The Balaban J connectivity index is 2.31. The summed E-state index contributed by atoms with van der Waals surface area (Å²) in [6, 6.07) is 2.03. The molecule has 0 saturated heterocycles. The van der Waals surface area contributed by atoms with Crippen molar-refractivity contribution in [3.8, 4) is 0 Å². The van der Waals surface area contributed by atoms with E-state index in [1.807, 2.05) is 17.9 Å². The molecule has 0 fully saturated rings. The normalized spacial score (nSPS) is 12.6. The molecule has 0 aromatic carbocycles. The molecular formula is C15H23N5O. The molecule has 6 nitrogen and oxygen atoms in total. The molecule has 1 amide bonds. The van der Waals surface area contributed by atoms with Crippen LogP contribution >= 0.6 is 0 Å². The zero-order valence-electron chi connectivity index (χ0n) is 13.2. The van der Waals surface area contributed by atoms with Gasteiger partial charge in [0.25, 0.3) is 11.7 Å². The Morgan fingerprint density at radius 2 is 2.19 bits per heavy atom. The van der Waals surface area contributed by atoms with Crippen LogP contribution in [0.25, 0.3) is 5.78 Å². The highest BCUT2D eigenvalue weighted by Crippen LogP contribution is 2.11. The van der Waals surface area contributed by atoms with Gasteiger partial charge in [-0.1, -0.05) is 20.3 Å². The molecule has 0 aliphatic carbocycles. The van der Waals surface area contributed by atoms with Gasteiger partial charge in [-0.15, -0.1) is 5.10 Å². The summed E-state index contributed by atoms with van der Waals surface area (Å²) in [5, 5.41) is 4.31. The van der Waals surface area contributed by atoms with Crippen molar-refractivity contribution in [1.82, 2.24) is 24.5 Å². The summed E-state index contributed by atoms with van der Waals surface area (Å²) in [4.78, 5) is 23.0. The number of aromatic nitrogens is 4. The van der Waals surface area contributed by atoms with Crippen LogP contribution in [0.1, 0.15) is 56.3 Å². The number of unbranched alkanes of at least 4 members (excludes halogenated alkanes) is 1. The Labute approximate surface area is 125 Å². The Morgan fingerprint density at radius 1 is 1.43 bits per heavy atom. The minimum atomic E-state index is -0.109. The first kappa shape index (κ1) is 15.4. The molecule has 2 rings (SSSR count). The van der Waals surface area contributed by atoms with Crippen molar-refractivity contribution in [2.45, 2.75) is 53.0 Å². The molecule has 21 heavy (non-hydrogen) atoms. The fourth-order valence-corrected chi connectivity index (χ4v) is 2.20. The van der Waals surface area contributed by atoms with Crippen molar-refractivity contribution >= 4 is 11.7 Å². The van der Waals surface area contributed by atoms with E-state index in [0.717, 1.165) is 31.5 Å². The fraction of sp³-hybridized carbons (Fsp3) is 0.600. The molecule has 0 saturated carbocycles. The summed E-state index contributed by atoms with van der Waals surface area (Å²) >= 11 is 0. The van der Waals surface area contributed by atoms with E-state index in [0.29, 0.717) is 5.78 Å². The molecule has 2 heterocycles. The molecule has 0 aliphatic rings. The van der Waals surface area contributed by atoms with Crippen LogP contribution in [-0.4, -0.2) is 43.0 Å². The number of carbonyl (C=O) groups is 1. The van der Waals surface area contributed by atoms with E-state index >= 15 is 0 Å². The topological polar surface area (TPSA) is 63.4 Å². The zero-order chi connectivity index (χ0) is 15.4. The van der Waals surface area contributed by atoms with Gasteiger partial charge in [-0.3, -0.25) is 4.79 Å². The van der Waals surface area contributed by atoms with E-state index in [1.165, 1.54) is 0 Å². The molecule has 0 radical (unpaired) electrons. The maximum Gasteiger partial charge on any atom is 0.293 e. The molecule has 0 spiro atoms. The van der Waals surface area contributed by atoms with Gasteiger partial charge in [0, 0.05) is 24.5 Å². The lowest BCUT2D eigenvalue weighted by molar-refractivity contribution is 0.0673. The molecule has 1 atom stereocenters. The predicted octanol–water partition coefficient (Wildman–Crippen LogP) is 2.47. The largest absolute Gasteiger partial charge is 0.333 e. The van der Waals surface area contributed by atoms with E-state index in [4.69, 9.17) is 0 Å². The third-order valence-corrected chi connectivity index (χ3v) is 3.76. The number of rotatable bonds is 6. The van der Waals surface area contributed by atoms with Crippen molar-refractivity contribution in [1.29, 1.82) is 0 Å². The highest BCUT2D eigenvalue weighted by atomic mass is 16.2. The maximum atomic E-state index is 12.7. The molecule has 2 aromatic rings. The first-order chi connectivity index (χ1) is 10.1. The van der Waals surface area contributed by atoms with Crippen molar-refractivity contribution in [2.24, 2.45) is 0 Å². The number of nitrogens with zero attached hydrogens (tertiary/aromatic N) is 5. The van der Waals surface area contributed by atoms with Gasteiger partial charge in [-0.2, -0.15) is 4.98 Å². The number of hydrogen-bond donors (Lipinski definition) is 0. The molecule has 114 valence electrons. The van der Waals surface area contributed by atoms with Gasteiger partial charge in [0.15, 0.2) is 0 Å². The number of fused-ring (bicyclic) bond motifs is 1. The first-order valence-corrected chi connectivity index (χ1v) is 7.57. The summed E-state index contributed by atoms with van der Waals surface area (Å²) in [6.45, 7) is 8.93. The summed E-state index contributed by atoms with van der Waals surface area (Å²) in [5.41, 5.74) is 0.912. The highest BCUT2D eigenvalue weighted by Gasteiger charge is 2.24. The molecule has 2 aromatic heterocycles. The van der Waals surface area contributed by atoms with Crippen molar-refractivity contribution in [2.75, 3.05) is 6.54 Å². The van der Waals surface area contributed by atoms with Gasteiger partial charge in [-0.05, 0) is 32.8 Å². The molecule has 0 bridgehead atoms. The summed E-state index contributed by atoms with van der Waals surface area (Å²) in [5.74, 6) is 0.592. The Morgan fingerprint density at radius 3 is 2.81 bits per heavy atom. The lowest BCUT2D eigenvalue weighted by Crippen LogP contribution is -2.39. The van der Waals surface area contributed by atoms with Gasteiger partial charge in [0.1, 0.15) is 0 Å². The minimum absolute atomic E-state index is 0.109. The summed E-state index contributed by atoms with van der Waals surface area (Å²) in [7, 11) is 0. The van der Waals surface area contributed by atoms with Gasteiger partial charge in [0.2, 0.25) is 5.82 Å². The third kappa shape index (κ3) is 3.20. The van der Waals surface area contributed by atoms with Crippen molar-refractivity contribution in [3.63, 3.8) is 0 Å². The lowest BCUT2D eigenvalue weighted by atomic mass is 10.2. The summed E-state index contributed by atoms with van der Waals surface area (Å²) in [6.07, 6.45) is 4.64. The second kappa shape index (κ2) is 6.65. The average molecular weight is 289 g/mol. The number of hydrogen-bond acceptors (Lipinski definition) is 4. The monoisotopic (exact) mass is 289 g/mol. The van der Waals surface area contributed by atoms with Gasteiger partial charge in [-0.25, -0.2) is 9.50 Å². The second-order valence-electron chi connectivity index (χ2n) is 5.34. The van der Waals surface area contributed by atoms with Gasteiger partial charge < -0.3 is 4.90 Å². The smallest absolute Gasteiger partial charge is 0.293 e. The lowest BCUT2D eigenvalue weighted by Gasteiger charge is -2.27. The summed E-state index contributed by atoms with van der Waals surface area (Å²) < 4.78 is 1.61. The molecule has 0 aliphatic heterocycles. The van der Waals surface area contributed by atoms with Crippen LogP contribution < -0.4 is 0 Å². The van der Waals surface area contributed by atoms with E-state index in [2.05, 4.69) is 35.8 Å². The number of carbonyl (C=O) groups excluding carboxylic acids is 1. The van der Waals surface area contributed by atoms with E-state index in [9.17, 15) is 4.79 Å². The fourth-order valence-electron chi connectivity index (χ4n) is 2.20. The van der Waals surface area contributed by atoms with Gasteiger partial charge in [0.05, 0.1) is 0 Å². The number of amides is 1. The highest BCUT2D eigenvalue weighted by molar-refractivity contribution is 5.91. The van der Waals surface area contributed by atoms with Crippen LogP contribution in [0, 0.1) is 6.92 Å². The third-order valence-electron chi connectivity index (χ3n) is 3.76. The predicted molar refractivity (Wildman–Crippen MR) is 81.2 cm³/mol. The minimum Gasteiger partial charge on any atom is -0.333 e. The van der Waals surface area contributed by atoms with E-state index in [-0.39, 0.29) is 17.8 Å². The Bertz CT molecular complexity index is 622. The van der Waals surface area contributed by atoms with Crippen molar-refractivity contribution in [3.05, 3.63) is 23.8 Å². The Kier molecular flexibility index (Phi) is 4.88. The molecule has 1 unspecified atom stereocenters. The average Bonchev–Trinajstić information content (AvgIpc) is 2.92.